The first-order valence-corrected chi connectivity index (χ1v) is 6.69. The van der Waals surface area contributed by atoms with Crippen LogP contribution in [0.1, 0.15) is 16.7 Å². The zero-order valence-electron chi connectivity index (χ0n) is 12.2. The molecule has 0 aromatic heterocycles. The average molecular weight is 282 g/mol. The Morgan fingerprint density at radius 3 is 2.05 bits per heavy atom. The minimum atomic E-state index is -0.350. The first kappa shape index (κ1) is 14.9. The van der Waals surface area contributed by atoms with Gasteiger partial charge in [-0.1, -0.05) is 36.4 Å². The van der Waals surface area contributed by atoms with E-state index in [2.05, 4.69) is 29.0 Å². The molecule has 0 saturated heterocycles. The summed E-state index contributed by atoms with van der Waals surface area (Å²) in [6.45, 7) is 0. The Morgan fingerprint density at radius 2 is 1.52 bits per heavy atom. The summed E-state index contributed by atoms with van der Waals surface area (Å²) in [7, 11) is 3.03. The molecule has 0 aliphatic carbocycles. The van der Waals surface area contributed by atoms with Gasteiger partial charge in [-0.2, -0.15) is 0 Å². The Bertz CT molecular complexity index is 610. The lowest BCUT2D eigenvalue weighted by Crippen LogP contribution is -1.93. The van der Waals surface area contributed by atoms with E-state index in [4.69, 9.17) is 4.74 Å². The molecule has 0 radical (unpaired) electrons. The molecule has 2 aromatic rings. The first-order valence-electron chi connectivity index (χ1n) is 6.69. The van der Waals surface area contributed by atoms with Crippen molar-refractivity contribution in [3.05, 3.63) is 71.3 Å². The monoisotopic (exact) mass is 282 g/mol. The lowest BCUT2D eigenvalue weighted by Gasteiger charge is -2.04. The Kier molecular flexibility index (Phi) is 5.16. The summed E-state index contributed by atoms with van der Waals surface area (Å²) >= 11 is 0. The van der Waals surface area contributed by atoms with Gasteiger partial charge in [0.25, 0.3) is 0 Å². The van der Waals surface area contributed by atoms with E-state index in [9.17, 15) is 4.79 Å². The predicted molar refractivity (Wildman–Crippen MR) is 83.3 cm³/mol. The van der Waals surface area contributed by atoms with Gasteiger partial charge in [-0.3, -0.25) is 0 Å². The number of carbonyl (C=O) groups is 1. The Balaban J connectivity index is 2.01. The second-order valence-corrected chi connectivity index (χ2v) is 4.62. The predicted octanol–water partition coefficient (Wildman–Crippen LogP) is 3.47. The van der Waals surface area contributed by atoms with Gasteiger partial charge in [-0.25, -0.2) is 4.79 Å². The highest BCUT2D eigenvalue weighted by atomic mass is 16.5. The molecule has 108 valence electrons. The summed E-state index contributed by atoms with van der Waals surface area (Å²) in [6, 6.07) is 16.1. The highest BCUT2D eigenvalue weighted by Crippen LogP contribution is 2.15. The first-order chi connectivity index (χ1) is 10.2. The molecule has 0 bridgehead atoms. The van der Waals surface area contributed by atoms with Gasteiger partial charge in [-0.15, -0.1) is 0 Å². The van der Waals surface area contributed by atoms with Crippen molar-refractivity contribution in [2.75, 3.05) is 14.2 Å². The third-order valence-electron chi connectivity index (χ3n) is 3.16. The van der Waals surface area contributed by atoms with Crippen molar-refractivity contribution in [3.63, 3.8) is 0 Å². The lowest BCUT2D eigenvalue weighted by atomic mass is 10.0. The summed E-state index contributed by atoms with van der Waals surface area (Å²) in [4.78, 5) is 11.0. The van der Waals surface area contributed by atoms with Gasteiger partial charge < -0.3 is 9.47 Å². The zero-order valence-corrected chi connectivity index (χ0v) is 12.2. The molecule has 0 unspecified atom stereocenters. The molecular formula is C18H18O3. The van der Waals surface area contributed by atoms with Crippen molar-refractivity contribution >= 4 is 12.0 Å². The van der Waals surface area contributed by atoms with E-state index >= 15 is 0 Å². The second-order valence-electron chi connectivity index (χ2n) is 4.62. The standard InChI is InChI=1S/C18H18O3/c1-20-17-10-7-16(8-11-17)13-15-5-3-14(4-6-15)9-12-18(19)21-2/h3-12H,13H2,1-2H3/b12-9+. The minimum Gasteiger partial charge on any atom is -0.497 e. The van der Waals surface area contributed by atoms with Crippen LogP contribution in [0.15, 0.2) is 54.6 Å². The summed E-state index contributed by atoms with van der Waals surface area (Å²) in [5.41, 5.74) is 3.42. The van der Waals surface area contributed by atoms with Crippen molar-refractivity contribution in [3.8, 4) is 5.75 Å². The van der Waals surface area contributed by atoms with Crippen molar-refractivity contribution < 1.29 is 14.3 Å². The lowest BCUT2D eigenvalue weighted by molar-refractivity contribution is -0.134. The smallest absolute Gasteiger partial charge is 0.330 e. The number of benzene rings is 2. The van der Waals surface area contributed by atoms with Gasteiger partial charge in [0.15, 0.2) is 0 Å². The van der Waals surface area contributed by atoms with Gasteiger partial charge in [0, 0.05) is 6.08 Å². The van der Waals surface area contributed by atoms with Crippen LogP contribution >= 0.6 is 0 Å². The number of hydrogen-bond acceptors (Lipinski definition) is 3. The molecular weight excluding hydrogens is 264 g/mol. The number of esters is 1. The number of carbonyl (C=O) groups excluding carboxylic acids is 1. The van der Waals surface area contributed by atoms with Gasteiger partial charge in [-0.05, 0) is 41.3 Å². The summed E-state index contributed by atoms with van der Waals surface area (Å²) in [5, 5.41) is 0. The van der Waals surface area contributed by atoms with Crippen LogP contribution in [-0.2, 0) is 16.0 Å². The third-order valence-corrected chi connectivity index (χ3v) is 3.16. The van der Waals surface area contributed by atoms with E-state index in [1.165, 1.54) is 24.3 Å². The minimum absolute atomic E-state index is 0.350. The van der Waals surface area contributed by atoms with Crippen LogP contribution in [0, 0.1) is 0 Å². The largest absolute Gasteiger partial charge is 0.497 e. The molecule has 0 heterocycles. The summed E-state index contributed by atoms with van der Waals surface area (Å²) in [5.74, 6) is 0.513. The number of rotatable bonds is 5. The van der Waals surface area contributed by atoms with Crippen LogP contribution < -0.4 is 4.74 Å². The quantitative estimate of drug-likeness (QED) is 0.622. The van der Waals surface area contributed by atoms with E-state index in [0.717, 1.165) is 17.7 Å². The van der Waals surface area contributed by atoms with Crippen molar-refractivity contribution in [1.29, 1.82) is 0 Å². The molecule has 2 rings (SSSR count). The maximum absolute atomic E-state index is 11.0. The molecule has 0 aliphatic heterocycles. The average Bonchev–Trinajstić information content (AvgIpc) is 2.54. The van der Waals surface area contributed by atoms with Crippen LogP contribution in [-0.4, -0.2) is 20.2 Å². The maximum atomic E-state index is 11.0. The molecule has 0 fully saturated rings. The van der Waals surface area contributed by atoms with Gasteiger partial charge in [0.2, 0.25) is 0 Å². The maximum Gasteiger partial charge on any atom is 0.330 e. The number of methoxy groups -OCH3 is 2. The Morgan fingerprint density at radius 1 is 0.952 bits per heavy atom. The molecule has 2 aromatic carbocycles. The van der Waals surface area contributed by atoms with Crippen LogP contribution in [0.4, 0.5) is 0 Å². The fraction of sp³-hybridized carbons (Fsp3) is 0.167. The topological polar surface area (TPSA) is 35.5 Å². The van der Waals surface area contributed by atoms with Gasteiger partial charge in [0.1, 0.15) is 5.75 Å². The molecule has 0 aliphatic rings. The molecule has 21 heavy (non-hydrogen) atoms. The molecule has 3 heteroatoms. The summed E-state index contributed by atoms with van der Waals surface area (Å²) in [6.07, 6.45) is 4.02. The van der Waals surface area contributed by atoms with Crippen LogP contribution in [0.25, 0.3) is 6.08 Å². The fourth-order valence-electron chi connectivity index (χ4n) is 1.96. The second kappa shape index (κ2) is 7.29. The molecule has 0 N–H and O–H groups in total. The van der Waals surface area contributed by atoms with Gasteiger partial charge >= 0.3 is 5.97 Å². The molecule has 0 spiro atoms. The summed E-state index contributed by atoms with van der Waals surface area (Å²) < 4.78 is 9.70. The Hall–Kier alpha value is -2.55. The SMILES string of the molecule is COC(=O)/C=C/c1ccc(Cc2ccc(OC)cc2)cc1. The normalized spacial score (nSPS) is 10.6. The van der Waals surface area contributed by atoms with E-state index < -0.39 is 0 Å². The van der Waals surface area contributed by atoms with Crippen LogP contribution in [0.2, 0.25) is 0 Å². The van der Waals surface area contributed by atoms with Crippen LogP contribution in [0.5, 0.6) is 5.75 Å². The van der Waals surface area contributed by atoms with E-state index in [1.54, 1.807) is 13.2 Å². The molecule has 3 nitrogen and oxygen atoms in total. The number of ether oxygens (including phenoxy) is 2. The molecule has 0 saturated carbocycles. The van der Waals surface area contributed by atoms with Crippen LogP contribution in [0.3, 0.4) is 0 Å². The van der Waals surface area contributed by atoms with Crippen molar-refractivity contribution in [2.45, 2.75) is 6.42 Å². The molecule has 0 atom stereocenters. The van der Waals surface area contributed by atoms with Crippen molar-refractivity contribution in [2.24, 2.45) is 0 Å². The van der Waals surface area contributed by atoms with E-state index in [-0.39, 0.29) is 5.97 Å². The highest BCUT2D eigenvalue weighted by Gasteiger charge is 1.98. The number of hydrogen-bond donors (Lipinski definition) is 0. The Labute approximate surface area is 124 Å². The van der Waals surface area contributed by atoms with E-state index in [0.29, 0.717) is 0 Å². The fourth-order valence-corrected chi connectivity index (χ4v) is 1.96. The van der Waals surface area contributed by atoms with Crippen molar-refractivity contribution in [1.82, 2.24) is 0 Å². The molecule has 0 amide bonds. The zero-order chi connectivity index (χ0) is 15.1. The van der Waals surface area contributed by atoms with Gasteiger partial charge in [0.05, 0.1) is 14.2 Å². The third kappa shape index (κ3) is 4.49. The highest BCUT2D eigenvalue weighted by molar-refractivity contribution is 5.86. The van der Waals surface area contributed by atoms with E-state index in [1.807, 2.05) is 24.3 Å².